The number of hydrogen-bond donors (Lipinski definition) is 2. The molecule has 1 aliphatic rings. The highest BCUT2D eigenvalue weighted by Crippen LogP contribution is 2.42. The summed E-state index contributed by atoms with van der Waals surface area (Å²) in [4.78, 5) is 42.9. The van der Waals surface area contributed by atoms with Crippen LogP contribution in [0.4, 0.5) is 10.5 Å². The lowest BCUT2D eigenvalue weighted by Gasteiger charge is -2.37. The average Bonchev–Trinajstić information content (AvgIpc) is 3.52. The zero-order chi connectivity index (χ0) is 28.4. The summed E-state index contributed by atoms with van der Waals surface area (Å²) in [7, 11) is 0. The van der Waals surface area contributed by atoms with Crippen molar-refractivity contribution in [3.63, 3.8) is 0 Å². The van der Waals surface area contributed by atoms with Crippen LogP contribution in [-0.4, -0.2) is 40.5 Å². The van der Waals surface area contributed by atoms with E-state index in [1.54, 1.807) is 25.7 Å². The van der Waals surface area contributed by atoms with E-state index >= 15 is 0 Å². The second-order valence-corrected chi connectivity index (χ2v) is 11.9. The summed E-state index contributed by atoms with van der Waals surface area (Å²) in [5, 5.41) is 5.89. The summed E-state index contributed by atoms with van der Waals surface area (Å²) < 4.78 is 5.47. The number of carbonyl (C=O) groups excluding carboxylic acids is 3. The molecule has 3 amide bonds. The number of amides is 3. The minimum absolute atomic E-state index is 0.115. The van der Waals surface area contributed by atoms with Gasteiger partial charge in [-0.15, -0.1) is 0 Å². The van der Waals surface area contributed by atoms with Crippen LogP contribution in [-0.2, 0) is 14.3 Å². The number of alkyl carbamates (subject to hydrolysis) is 1. The van der Waals surface area contributed by atoms with Crippen LogP contribution in [0.2, 0.25) is 0 Å². The van der Waals surface area contributed by atoms with Crippen molar-refractivity contribution in [1.82, 2.24) is 10.2 Å². The normalized spacial score (nSPS) is 18.4. The number of para-hydroxylation sites is 1. The molecule has 1 fully saturated rings. The zero-order valence-electron chi connectivity index (χ0n) is 24.2. The van der Waals surface area contributed by atoms with Crippen molar-refractivity contribution in [2.24, 2.45) is 11.8 Å². The van der Waals surface area contributed by atoms with E-state index in [0.29, 0.717) is 5.69 Å². The molecule has 2 N–H and O–H groups in total. The van der Waals surface area contributed by atoms with E-state index in [1.165, 1.54) is 0 Å². The van der Waals surface area contributed by atoms with Crippen LogP contribution >= 0.6 is 0 Å². The molecule has 1 aliphatic carbocycles. The van der Waals surface area contributed by atoms with Crippen molar-refractivity contribution < 1.29 is 19.1 Å². The maximum atomic E-state index is 14.3. The maximum absolute atomic E-state index is 14.3. The van der Waals surface area contributed by atoms with Crippen molar-refractivity contribution in [3.8, 4) is 0 Å². The monoisotopic (exact) mass is 521 g/mol. The van der Waals surface area contributed by atoms with E-state index in [-0.39, 0.29) is 29.7 Å². The third-order valence-corrected chi connectivity index (χ3v) is 7.03. The topological polar surface area (TPSA) is 87.7 Å². The average molecular weight is 522 g/mol. The molecule has 0 aromatic heterocycles. The Labute approximate surface area is 227 Å². The summed E-state index contributed by atoms with van der Waals surface area (Å²) in [6, 6.07) is 11.7. The zero-order valence-corrected chi connectivity index (χ0v) is 24.2. The van der Waals surface area contributed by atoms with E-state index in [0.717, 1.165) is 28.7 Å². The first-order valence-corrected chi connectivity index (χ1v) is 13.5. The standard InChI is InChI=1S/C31H43N3O4/c1-18(2)26(33-30(37)38-31(7,8)9)29(36)34(24-17-22(24)6)27(25-20(4)14-12-15-21(25)5)28(35)32-23-16-11-10-13-19(23)3/h10-16,18,22,24,26-27H,17H2,1-9H3,(H,32,35)(H,33,37). The largest absolute Gasteiger partial charge is 0.444 e. The first-order valence-electron chi connectivity index (χ1n) is 13.5. The molecule has 2 aromatic carbocycles. The van der Waals surface area contributed by atoms with Gasteiger partial charge in [0, 0.05) is 11.7 Å². The van der Waals surface area contributed by atoms with Gasteiger partial charge in [0.05, 0.1) is 0 Å². The van der Waals surface area contributed by atoms with Gasteiger partial charge >= 0.3 is 6.09 Å². The van der Waals surface area contributed by atoms with Gasteiger partial charge in [-0.25, -0.2) is 4.79 Å². The molecule has 7 nitrogen and oxygen atoms in total. The fraction of sp³-hybridized carbons (Fsp3) is 0.516. The Morgan fingerprint density at radius 1 is 0.947 bits per heavy atom. The fourth-order valence-corrected chi connectivity index (χ4v) is 4.85. The van der Waals surface area contributed by atoms with E-state index < -0.39 is 23.8 Å². The third-order valence-electron chi connectivity index (χ3n) is 7.03. The molecule has 1 saturated carbocycles. The molecule has 7 heteroatoms. The molecule has 38 heavy (non-hydrogen) atoms. The van der Waals surface area contributed by atoms with Crippen molar-refractivity contribution >= 4 is 23.6 Å². The van der Waals surface area contributed by atoms with E-state index in [1.807, 2.05) is 77.1 Å². The predicted molar refractivity (Wildman–Crippen MR) is 151 cm³/mol. The van der Waals surface area contributed by atoms with E-state index in [2.05, 4.69) is 17.6 Å². The number of rotatable bonds is 8. The second kappa shape index (κ2) is 11.6. The molecule has 0 saturated heterocycles. The van der Waals surface area contributed by atoms with Gasteiger partial charge in [0.25, 0.3) is 5.91 Å². The van der Waals surface area contributed by atoms with E-state index in [9.17, 15) is 14.4 Å². The molecule has 0 heterocycles. The Kier molecular flexibility index (Phi) is 8.90. The molecule has 206 valence electrons. The molecule has 3 rings (SSSR count). The first kappa shape index (κ1) is 29.2. The van der Waals surface area contributed by atoms with Crippen LogP contribution < -0.4 is 10.6 Å². The molecule has 4 unspecified atom stereocenters. The molecule has 4 atom stereocenters. The SMILES string of the molecule is Cc1ccccc1NC(=O)C(c1c(C)cccc1C)N(C(=O)C(NC(=O)OC(C)(C)C)C(C)C)C1CC1C. The highest BCUT2D eigenvalue weighted by atomic mass is 16.6. The number of ether oxygens (including phenoxy) is 1. The molecular formula is C31H43N3O4. The number of nitrogens with zero attached hydrogens (tertiary/aromatic N) is 1. The third kappa shape index (κ3) is 6.94. The van der Waals surface area contributed by atoms with Gasteiger partial charge in [0.2, 0.25) is 5.91 Å². The number of carbonyl (C=O) groups is 3. The number of hydrogen-bond acceptors (Lipinski definition) is 4. The summed E-state index contributed by atoms with van der Waals surface area (Å²) in [5.41, 5.74) is 3.62. The summed E-state index contributed by atoms with van der Waals surface area (Å²) in [6.07, 6.45) is 0.142. The van der Waals surface area contributed by atoms with Crippen LogP contribution in [0.15, 0.2) is 42.5 Å². The van der Waals surface area contributed by atoms with Crippen LogP contribution in [0.5, 0.6) is 0 Å². The van der Waals surface area contributed by atoms with Gasteiger partial charge in [-0.05, 0) is 88.1 Å². The van der Waals surface area contributed by atoms with Gasteiger partial charge in [-0.2, -0.15) is 0 Å². The maximum Gasteiger partial charge on any atom is 0.408 e. The number of anilines is 1. The number of nitrogens with one attached hydrogen (secondary N) is 2. The number of benzene rings is 2. The van der Waals surface area contributed by atoms with Gasteiger partial charge < -0.3 is 20.3 Å². The lowest BCUT2D eigenvalue weighted by molar-refractivity contribution is -0.142. The quantitative estimate of drug-likeness (QED) is 0.441. The van der Waals surface area contributed by atoms with Crippen molar-refractivity contribution in [1.29, 1.82) is 0 Å². The van der Waals surface area contributed by atoms with Crippen molar-refractivity contribution in [2.75, 3.05) is 5.32 Å². The molecular weight excluding hydrogens is 478 g/mol. The second-order valence-electron chi connectivity index (χ2n) is 11.9. The Morgan fingerprint density at radius 2 is 1.50 bits per heavy atom. The Bertz CT molecular complexity index is 1160. The van der Waals surface area contributed by atoms with Crippen molar-refractivity contribution in [2.45, 2.75) is 92.5 Å². The summed E-state index contributed by atoms with van der Waals surface area (Å²) in [5.74, 6) is -0.535. The fourth-order valence-electron chi connectivity index (χ4n) is 4.85. The molecule has 0 bridgehead atoms. The van der Waals surface area contributed by atoms with Gasteiger partial charge in [0.1, 0.15) is 17.7 Å². The first-order chi connectivity index (χ1) is 17.7. The van der Waals surface area contributed by atoms with Crippen LogP contribution in [0.3, 0.4) is 0 Å². The highest BCUT2D eigenvalue weighted by Gasteiger charge is 2.49. The summed E-state index contributed by atoms with van der Waals surface area (Å²) in [6.45, 7) is 17.1. The smallest absolute Gasteiger partial charge is 0.408 e. The summed E-state index contributed by atoms with van der Waals surface area (Å²) >= 11 is 0. The molecule has 0 radical (unpaired) electrons. The molecule has 2 aromatic rings. The Morgan fingerprint density at radius 3 is 2.00 bits per heavy atom. The number of aryl methyl sites for hydroxylation is 3. The van der Waals surface area contributed by atoms with Crippen LogP contribution in [0, 0.1) is 32.6 Å². The minimum Gasteiger partial charge on any atom is -0.444 e. The van der Waals surface area contributed by atoms with Gasteiger partial charge in [0.15, 0.2) is 0 Å². The van der Waals surface area contributed by atoms with E-state index in [4.69, 9.17) is 4.74 Å². The van der Waals surface area contributed by atoms with Gasteiger partial charge in [-0.1, -0.05) is 57.2 Å². The van der Waals surface area contributed by atoms with Crippen LogP contribution in [0.25, 0.3) is 0 Å². The van der Waals surface area contributed by atoms with Crippen molar-refractivity contribution in [3.05, 3.63) is 64.7 Å². The molecule has 0 spiro atoms. The lowest BCUT2D eigenvalue weighted by atomic mass is 9.92. The Hall–Kier alpha value is -3.35. The Balaban J connectivity index is 2.08. The lowest BCUT2D eigenvalue weighted by Crippen LogP contribution is -2.55. The van der Waals surface area contributed by atoms with Gasteiger partial charge in [-0.3, -0.25) is 9.59 Å². The highest BCUT2D eigenvalue weighted by molar-refractivity contribution is 6.00. The minimum atomic E-state index is -0.861. The molecule has 0 aliphatic heterocycles. The van der Waals surface area contributed by atoms with Crippen LogP contribution in [0.1, 0.15) is 76.3 Å². The predicted octanol–water partition coefficient (Wildman–Crippen LogP) is 6.08.